The Kier molecular flexibility index (Phi) is 8.72. The summed E-state index contributed by atoms with van der Waals surface area (Å²) in [5, 5.41) is 15.3. The van der Waals surface area contributed by atoms with Gasteiger partial charge in [-0.1, -0.05) is 29.3 Å². The van der Waals surface area contributed by atoms with Crippen molar-refractivity contribution < 1.29 is 24.3 Å². The molecule has 33 heavy (non-hydrogen) atoms. The summed E-state index contributed by atoms with van der Waals surface area (Å²) in [6, 6.07) is 9.53. The van der Waals surface area contributed by atoms with E-state index in [1.807, 2.05) is 0 Å². The van der Waals surface area contributed by atoms with Crippen LogP contribution in [0.25, 0.3) is 0 Å². The fourth-order valence-corrected chi connectivity index (χ4v) is 4.85. The summed E-state index contributed by atoms with van der Waals surface area (Å²) in [7, 11) is 0. The van der Waals surface area contributed by atoms with Crippen LogP contribution in [0.4, 0.5) is 5.69 Å². The maximum atomic E-state index is 12.9. The maximum Gasteiger partial charge on any atom is 0.306 e. The SMILES string of the molecule is O=C(I)c1ccc(CNC(=O)c2cc(Cl)ccc2NC(=O)C2CCC(C(=O)O)CC2)cc1Cl. The number of carbonyl (C=O) groups excluding carboxylic acids is 3. The molecule has 0 bridgehead atoms. The Bertz CT molecular complexity index is 1100. The Hall–Kier alpha value is -2.17. The van der Waals surface area contributed by atoms with Crippen molar-refractivity contribution in [2.75, 3.05) is 5.32 Å². The molecule has 0 saturated heterocycles. The van der Waals surface area contributed by atoms with Gasteiger partial charge in [0.05, 0.1) is 22.2 Å². The molecule has 2 aromatic carbocycles. The number of rotatable bonds is 7. The number of carboxylic acid groups (broad SMARTS) is 1. The Morgan fingerprint density at radius 2 is 1.61 bits per heavy atom. The monoisotopic (exact) mass is 602 g/mol. The van der Waals surface area contributed by atoms with Crippen LogP contribution >= 0.6 is 45.8 Å². The van der Waals surface area contributed by atoms with Crippen LogP contribution < -0.4 is 10.6 Å². The minimum Gasteiger partial charge on any atom is -0.481 e. The lowest BCUT2D eigenvalue weighted by Crippen LogP contribution is -2.30. The molecule has 3 N–H and O–H groups in total. The molecule has 1 fully saturated rings. The molecular weight excluding hydrogens is 582 g/mol. The molecule has 0 aromatic heterocycles. The second kappa shape index (κ2) is 11.3. The Morgan fingerprint density at radius 3 is 2.21 bits per heavy atom. The number of amides is 2. The lowest BCUT2D eigenvalue weighted by Gasteiger charge is -2.25. The predicted molar refractivity (Wildman–Crippen MR) is 134 cm³/mol. The van der Waals surface area contributed by atoms with Gasteiger partial charge in [-0.2, -0.15) is 0 Å². The molecule has 0 spiro atoms. The van der Waals surface area contributed by atoms with Crippen LogP contribution in [0.5, 0.6) is 0 Å². The molecule has 0 heterocycles. The van der Waals surface area contributed by atoms with Gasteiger partial charge in [0.1, 0.15) is 0 Å². The van der Waals surface area contributed by atoms with Gasteiger partial charge in [0.2, 0.25) is 9.70 Å². The van der Waals surface area contributed by atoms with E-state index in [0.717, 1.165) is 0 Å². The highest BCUT2D eigenvalue weighted by atomic mass is 127. The Labute approximate surface area is 214 Å². The molecule has 0 atom stereocenters. The number of nitrogens with one attached hydrogen (secondary N) is 2. The third-order valence-corrected chi connectivity index (χ3v) is 6.76. The molecule has 2 amide bonds. The van der Waals surface area contributed by atoms with E-state index in [9.17, 15) is 19.2 Å². The van der Waals surface area contributed by atoms with Crippen molar-refractivity contribution in [2.24, 2.45) is 11.8 Å². The standard InChI is InChI=1S/C23H21Cl2IN2O5/c24-15-6-8-19(28-21(30)13-2-4-14(5-3-13)23(32)33)17(10-15)22(31)27-11-12-1-7-16(20(26)29)18(25)9-12/h1,6-10,13-14H,2-5,11H2,(H,27,31)(H,28,30)(H,32,33). The summed E-state index contributed by atoms with van der Waals surface area (Å²) in [5.74, 6) is -2.24. The quantitative estimate of drug-likeness (QED) is 0.293. The van der Waals surface area contributed by atoms with E-state index in [-0.39, 0.29) is 27.7 Å². The number of anilines is 1. The van der Waals surface area contributed by atoms with Crippen molar-refractivity contribution in [3.63, 3.8) is 0 Å². The fraction of sp³-hybridized carbons (Fsp3) is 0.304. The van der Waals surface area contributed by atoms with Crippen LogP contribution in [0.2, 0.25) is 10.0 Å². The van der Waals surface area contributed by atoms with Crippen molar-refractivity contribution in [3.05, 3.63) is 63.1 Å². The van der Waals surface area contributed by atoms with Gasteiger partial charge in [0, 0.05) is 45.6 Å². The lowest BCUT2D eigenvalue weighted by molar-refractivity contribution is -0.143. The maximum absolute atomic E-state index is 12.9. The van der Waals surface area contributed by atoms with E-state index in [2.05, 4.69) is 10.6 Å². The summed E-state index contributed by atoms with van der Waals surface area (Å²) < 4.78 is -0.177. The van der Waals surface area contributed by atoms with E-state index in [4.69, 9.17) is 28.3 Å². The first-order valence-electron chi connectivity index (χ1n) is 10.3. The average molecular weight is 603 g/mol. The average Bonchev–Trinajstić information content (AvgIpc) is 2.78. The van der Waals surface area contributed by atoms with E-state index in [0.29, 0.717) is 52.5 Å². The molecular formula is C23H21Cl2IN2O5. The van der Waals surface area contributed by atoms with Crippen LogP contribution in [0, 0.1) is 11.8 Å². The van der Waals surface area contributed by atoms with E-state index >= 15 is 0 Å². The van der Waals surface area contributed by atoms with Crippen LogP contribution in [0.3, 0.4) is 0 Å². The third kappa shape index (κ3) is 6.68. The van der Waals surface area contributed by atoms with Gasteiger partial charge >= 0.3 is 5.97 Å². The number of carboxylic acids is 1. The largest absolute Gasteiger partial charge is 0.481 e. The molecule has 1 aliphatic rings. The van der Waals surface area contributed by atoms with Crippen molar-refractivity contribution in [1.29, 1.82) is 0 Å². The summed E-state index contributed by atoms with van der Waals surface area (Å²) in [4.78, 5) is 48.2. The van der Waals surface area contributed by atoms with Gasteiger partial charge in [0.25, 0.3) is 5.91 Å². The topological polar surface area (TPSA) is 113 Å². The molecule has 1 aliphatic carbocycles. The first kappa shape index (κ1) is 25.5. The number of hydrogen-bond acceptors (Lipinski definition) is 4. The summed E-state index contributed by atoms with van der Waals surface area (Å²) in [5.41, 5.74) is 1.63. The van der Waals surface area contributed by atoms with Gasteiger partial charge in [-0.05, 0) is 61.6 Å². The first-order valence-corrected chi connectivity index (χ1v) is 12.1. The highest BCUT2D eigenvalue weighted by Crippen LogP contribution is 2.30. The normalized spacial score (nSPS) is 17.8. The lowest BCUT2D eigenvalue weighted by atomic mass is 9.81. The van der Waals surface area contributed by atoms with Crippen LogP contribution in [-0.2, 0) is 16.1 Å². The van der Waals surface area contributed by atoms with Gasteiger partial charge in [-0.15, -0.1) is 0 Å². The molecule has 7 nitrogen and oxygen atoms in total. The zero-order valence-electron chi connectivity index (χ0n) is 17.4. The summed E-state index contributed by atoms with van der Waals surface area (Å²) >= 11 is 13.9. The molecule has 0 unspecified atom stereocenters. The van der Waals surface area contributed by atoms with E-state index in [1.54, 1.807) is 52.9 Å². The van der Waals surface area contributed by atoms with Crippen LogP contribution in [0.15, 0.2) is 36.4 Å². The second-order valence-electron chi connectivity index (χ2n) is 7.84. The van der Waals surface area contributed by atoms with Crippen molar-refractivity contribution in [2.45, 2.75) is 32.2 Å². The molecule has 0 aliphatic heterocycles. The minimum atomic E-state index is -0.831. The van der Waals surface area contributed by atoms with Gasteiger partial charge in [0.15, 0.2) is 0 Å². The van der Waals surface area contributed by atoms with Crippen LogP contribution in [-0.4, -0.2) is 26.7 Å². The Morgan fingerprint density at radius 1 is 0.939 bits per heavy atom. The number of carbonyl (C=O) groups is 4. The molecule has 10 heteroatoms. The first-order chi connectivity index (χ1) is 15.7. The van der Waals surface area contributed by atoms with Gasteiger partial charge in [-0.25, -0.2) is 0 Å². The molecule has 174 valence electrons. The highest BCUT2D eigenvalue weighted by molar-refractivity contribution is 14.1. The smallest absolute Gasteiger partial charge is 0.306 e. The van der Waals surface area contributed by atoms with Gasteiger partial charge < -0.3 is 15.7 Å². The highest BCUT2D eigenvalue weighted by Gasteiger charge is 2.30. The predicted octanol–water partition coefficient (Wildman–Crippen LogP) is 5.33. The van der Waals surface area contributed by atoms with Crippen LogP contribution in [0.1, 0.15) is 52.0 Å². The third-order valence-electron chi connectivity index (χ3n) is 5.63. The van der Waals surface area contributed by atoms with Crippen molar-refractivity contribution in [1.82, 2.24) is 5.32 Å². The fourth-order valence-electron chi connectivity index (χ4n) is 3.76. The molecule has 3 rings (SSSR count). The van der Waals surface area contributed by atoms with Crippen molar-refractivity contribution >= 4 is 73.1 Å². The summed E-state index contributed by atoms with van der Waals surface area (Å²) in [6.07, 6.45) is 1.86. The van der Waals surface area contributed by atoms with E-state index in [1.165, 1.54) is 6.07 Å². The number of benzene rings is 2. The molecule has 2 aromatic rings. The zero-order chi connectivity index (χ0) is 24.1. The molecule has 0 radical (unpaired) electrons. The van der Waals surface area contributed by atoms with E-state index < -0.39 is 17.8 Å². The van der Waals surface area contributed by atoms with Crippen molar-refractivity contribution in [3.8, 4) is 0 Å². The second-order valence-corrected chi connectivity index (χ2v) is 9.66. The zero-order valence-corrected chi connectivity index (χ0v) is 21.0. The molecule has 1 saturated carbocycles. The minimum absolute atomic E-state index is 0.160. The summed E-state index contributed by atoms with van der Waals surface area (Å²) in [6.45, 7) is 0.160. The number of halogens is 3. The number of hydrogen-bond donors (Lipinski definition) is 3. The van der Waals surface area contributed by atoms with Gasteiger partial charge in [-0.3, -0.25) is 19.2 Å². The Balaban J connectivity index is 1.67. The number of aliphatic carboxylic acids is 1.